The molecule has 2 heterocycles. The number of nitrogens with one attached hydrogen (secondary N) is 1. The van der Waals surface area contributed by atoms with E-state index >= 15 is 0 Å². The van der Waals surface area contributed by atoms with Crippen LogP contribution in [0.2, 0.25) is 0 Å². The third kappa shape index (κ3) is 2.56. The minimum absolute atomic E-state index is 0.173. The molecule has 1 fully saturated rings. The molecule has 0 amide bonds. The van der Waals surface area contributed by atoms with E-state index < -0.39 is 9.84 Å². The van der Waals surface area contributed by atoms with Crippen LogP contribution in [0, 0.1) is 0 Å². The molecule has 0 saturated carbocycles. The Hall–Kier alpha value is -1.82. The molecule has 1 aromatic carbocycles. The maximum Gasteiger partial charge on any atom is 0.150 e. The number of hydrogen-bond donors (Lipinski definition) is 2. The second-order valence-corrected chi connectivity index (χ2v) is 7.48. The largest absolute Gasteiger partial charge is 0.398 e. The average molecular weight is 291 g/mol. The molecule has 3 rings (SSSR count). The van der Waals surface area contributed by atoms with Gasteiger partial charge >= 0.3 is 0 Å². The smallest absolute Gasteiger partial charge is 0.150 e. The van der Waals surface area contributed by atoms with Crippen molar-refractivity contribution in [3.8, 4) is 0 Å². The zero-order chi connectivity index (χ0) is 14.2. The number of nitrogens with zero attached hydrogens (tertiary/aromatic N) is 1. The molecule has 1 aliphatic rings. The number of rotatable bonds is 2. The number of anilines is 2. The molecule has 0 radical (unpaired) electrons. The van der Waals surface area contributed by atoms with Crippen molar-refractivity contribution < 1.29 is 8.42 Å². The first-order valence-electron chi connectivity index (χ1n) is 6.65. The van der Waals surface area contributed by atoms with Crippen LogP contribution in [0.5, 0.6) is 0 Å². The third-order valence-corrected chi connectivity index (χ3v) is 5.43. The van der Waals surface area contributed by atoms with Crippen LogP contribution in [0.4, 0.5) is 11.4 Å². The summed E-state index contributed by atoms with van der Waals surface area (Å²) in [5.74, 6) is 0.510. The van der Waals surface area contributed by atoms with Gasteiger partial charge < -0.3 is 11.1 Å². The van der Waals surface area contributed by atoms with Crippen LogP contribution < -0.4 is 11.1 Å². The first kappa shape index (κ1) is 13.2. The summed E-state index contributed by atoms with van der Waals surface area (Å²) in [6, 6.07) is 7.73. The lowest BCUT2D eigenvalue weighted by atomic mass is 10.1. The second kappa shape index (κ2) is 4.94. The number of nitrogens with two attached hydrogens (primary N) is 1. The van der Waals surface area contributed by atoms with Gasteiger partial charge in [0.1, 0.15) is 9.84 Å². The number of hydrogen-bond acceptors (Lipinski definition) is 5. The molecule has 106 valence electrons. The van der Waals surface area contributed by atoms with Gasteiger partial charge in [-0.05, 0) is 37.1 Å². The Bertz CT molecular complexity index is 729. The molecule has 0 atom stereocenters. The molecule has 0 bridgehead atoms. The van der Waals surface area contributed by atoms with Gasteiger partial charge in [-0.3, -0.25) is 4.98 Å². The summed E-state index contributed by atoms with van der Waals surface area (Å²) in [7, 11) is -2.83. The predicted octanol–water partition coefficient (Wildman–Crippen LogP) is 1.81. The summed E-state index contributed by atoms with van der Waals surface area (Å²) < 4.78 is 22.9. The Kier molecular flexibility index (Phi) is 3.25. The van der Waals surface area contributed by atoms with E-state index in [2.05, 4.69) is 10.3 Å². The maximum absolute atomic E-state index is 11.4. The molecule has 5 nitrogen and oxygen atoms in total. The topological polar surface area (TPSA) is 85.1 Å². The van der Waals surface area contributed by atoms with E-state index in [0.29, 0.717) is 18.5 Å². The van der Waals surface area contributed by atoms with Crippen LogP contribution in [-0.4, -0.2) is 30.9 Å². The van der Waals surface area contributed by atoms with Gasteiger partial charge in [0.25, 0.3) is 0 Å². The quantitative estimate of drug-likeness (QED) is 0.824. The van der Waals surface area contributed by atoms with Crippen LogP contribution in [0.3, 0.4) is 0 Å². The summed E-state index contributed by atoms with van der Waals surface area (Å²) in [5, 5.41) is 4.32. The third-order valence-electron chi connectivity index (χ3n) is 3.72. The zero-order valence-electron chi connectivity index (χ0n) is 11.0. The van der Waals surface area contributed by atoms with Crippen molar-refractivity contribution in [2.24, 2.45) is 0 Å². The van der Waals surface area contributed by atoms with Gasteiger partial charge in [0.15, 0.2) is 0 Å². The number of nitrogen functional groups attached to an aromatic ring is 1. The lowest BCUT2D eigenvalue weighted by Gasteiger charge is -2.24. The highest BCUT2D eigenvalue weighted by Gasteiger charge is 2.23. The van der Waals surface area contributed by atoms with E-state index in [0.717, 1.165) is 16.6 Å². The Morgan fingerprint density at radius 2 is 1.95 bits per heavy atom. The van der Waals surface area contributed by atoms with Gasteiger partial charge in [0.05, 0.1) is 22.7 Å². The fourth-order valence-corrected chi connectivity index (χ4v) is 4.06. The van der Waals surface area contributed by atoms with Crippen LogP contribution in [0.15, 0.2) is 30.5 Å². The Morgan fingerprint density at radius 1 is 1.20 bits per heavy atom. The Morgan fingerprint density at radius 3 is 2.70 bits per heavy atom. The van der Waals surface area contributed by atoms with Crippen LogP contribution in [0.1, 0.15) is 12.8 Å². The highest BCUT2D eigenvalue weighted by Crippen LogP contribution is 2.28. The summed E-state index contributed by atoms with van der Waals surface area (Å²) in [4.78, 5) is 4.38. The number of sulfone groups is 1. The molecule has 1 aromatic heterocycles. The average Bonchev–Trinajstić information content (AvgIpc) is 2.44. The lowest BCUT2D eigenvalue weighted by molar-refractivity contribution is 0.560. The second-order valence-electron chi connectivity index (χ2n) is 5.17. The predicted molar refractivity (Wildman–Crippen MR) is 81.5 cm³/mol. The molecular weight excluding hydrogens is 274 g/mol. The van der Waals surface area contributed by atoms with Crippen molar-refractivity contribution in [2.45, 2.75) is 18.9 Å². The van der Waals surface area contributed by atoms with Crippen molar-refractivity contribution in [2.75, 3.05) is 22.6 Å². The maximum atomic E-state index is 11.4. The van der Waals surface area contributed by atoms with E-state index in [1.807, 2.05) is 24.3 Å². The van der Waals surface area contributed by atoms with E-state index in [1.54, 1.807) is 6.20 Å². The molecule has 20 heavy (non-hydrogen) atoms. The van der Waals surface area contributed by atoms with Crippen molar-refractivity contribution in [3.05, 3.63) is 30.5 Å². The summed E-state index contributed by atoms with van der Waals surface area (Å²) in [6.45, 7) is 0. The van der Waals surface area contributed by atoms with Gasteiger partial charge in [0, 0.05) is 23.3 Å². The highest BCUT2D eigenvalue weighted by molar-refractivity contribution is 7.91. The lowest BCUT2D eigenvalue weighted by Crippen LogP contribution is -2.32. The molecule has 0 unspecified atom stereocenters. The van der Waals surface area contributed by atoms with Gasteiger partial charge in [-0.15, -0.1) is 0 Å². The van der Waals surface area contributed by atoms with Gasteiger partial charge in [-0.1, -0.05) is 0 Å². The van der Waals surface area contributed by atoms with Crippen molar-refractivity contribution >= 4 is 32.1 Å². The molecule has 0 aliphatic carbocycles. The molecule has 1 aliphatic heterocycles. The van der Waals surface area contributed by atoms with E-state index in [-0.39, 0.29) is 17.5 Å². The molecule has 6 heteroatoms. The van der Waals surface area contributed by atoms with E-state index in [1.165, 1.54) is 0 Å². The van der Waals surface area contributed by atoms with Crippen molar-refractivity contribution in [3.63, 3.8) is 0 Å². The number of pyridine rings is 1. The number of benzene rings is 1. The zero-order valence-corrected chi connectivity index (χ0v) is 11.9. The van der Waals surface area contributed by atoms with Crippen molar-refractivity contribution in [1.29, 1.82) is 0 Å². The summed E-state index contributed by atoms with van der Waals surface area (Å²) in [6.07, 6.45) is 3.01. The summed E-state index contributed by atoms with van der Waals surface area (Å²) in [5.41, 5.74) is 8.40. The molecule has 2 aromatic rings. The highest BCUT2D eigenvalue weighted by atomic mass is 32.2. The minimum Gasteiger partial charge on any atom is -0.398 e. The van der Waals surface area contributed by atoms with E-state index in [9.17, 15) is 8.42 Å². The fourth-order valence-electron chi connectivity index (χ4n) is 2.57. The standard InChI is InChI=1S/C14H17N3O2S/c15-12-3-4-13(14-11(12)2-1-7-16-14)17-10-5-8-20(18,19)9-6-10/h1-4,7,10,17H,5-6,8-9,15H2. The number of fused-ring (bicyclic) bond motifs is 1. The summed E-state index contributed by atoms with van der Waals surface area (Å²) >= 11 is 0. The Balaban J connectivity index is 1.87. The monoisotopic (exact) mass is 291 g/mol. The van der Waals surface area contributed by atoms with Crippen LogP contribution in [-0.2, 0) is 9.84 Å². The van der Waals surface area contributed by atoms with Crippen LogP contribution >= 0.6 is 0 Å². The minimum atomic E-state index is -2.83. The molecular formula is C14H17N3O2S. The molecule has 0 spiro atoms. The van der Waals surface area contributed by atoms with Gasteiger partial charge in [0.2, 0.25) is 0 Å². The first-order valence-corrected chi connectivity index (χ1v) is 8.47. The fraction of sp³-hybridized carbons (Fsp3) is 0.357. The van der Waals surface area contributed by atoms with Crippen LogP contribution in [0.25, 0.3) is 10.9 Å². The van der Waals surface area contributed by atoms with Crippen molar-refractivity contribution in [1.82, 2.24) is 4.98 Å². The van der Waals surface area contributed by atoms with E-state index in [4.69, 9.17) is 5.73 Å². The number of aromatic nitrogens is 1. The molecule has 1 saturated heterocycles. The SMILES string of the molecule is Nc1ccc(NC2CCS(=O)(=O)CC2)c2ncccc12. The normalized spacial score (nSPS) is 19.0. The van der Waals surface area contributed by atoms with Gasteiger partial charge in [-0.25, -0.2) is 8.42 Å². The Labute approximate surface area is 118 Å². The first-order chi connectivity index (χ1) is 9.55. The molecule has 3 N–H and O–H groups in total. The van der Waals surface area contributed by atoms with Gasteiger partial charge in [-0.2, -0.15) is 0 Å².